The second kappa shape index (κ2) is 5.79. The minimum atomic E-state index is -0.603. The van der Waals surface area contributed by atoms with Gasteiger partial charge in [0.15, 0.2) is 0 Å². The zero-order valence-corrected chi connectivity index (χ0v) is 11.5. The summed E-state index contributed by atoms with van der Waals surface area (Å²) in [4.78, 5) is 26.0. The van der Waals surface area contributed by atoms with E-state index in [2.05, 4.69) is 10.1 Å². The van der Waals surface area contributed by atoms with Crippen molar-refractivity contribution in [3.05, 3.63) is 74.8 Å². The van der Waals surface area contributed by atoms with Crippen LogP contribution in [0.5, 0.6) is 0 Å². The van der Waals surface area contributed by atoms with Crippen LogP contribution in [0.15, 0.2) is 51.9 Å². The number of halogens is 1. The molecule has 0 saturated heterocycles. The van der Waals surface area contributed by atoms with Crippen LogP contribution in [0.3, 0.4) is 0 Å². The maximum Gasteiger partial charge on any atom is 0.285 e. The Bertz CT molecular complexity index is 917. The van der Waals surface area contributed by atoms with Crippen molar-refractivity contribution in [3.8, 4) is 11.4 Å². The molecule has 23 heavy (non-hydrogen) atoms. The number of rotatable bonds is 4. The van der Waals surface area contributed by atoms with Gasteiger partial charge in [0.05, 0.1) is 11.1 Å². The van der Waals surface area contributed by atoms with Crippen LogP contribution in [0.2, 0.25) is 0 Å². The van der Waals surface area contributed by atoms with Crippen LogP contribution in [-0.2, 0) is 6.54 Å². The third-order valence-corrected chi connectivity index (χ3v) is 3.05. The molecular formula is C14H9FN4O4. The van der Waals surface area contributed by atoms with Gasteiger partial charge in [-0.1, -0.05) is 5.16 Å². The number of nitrogens with zero attached hydrogens (tertiary/aromatic N) is 4. The molecule has 1 aromatic carbocycles. The Morgan fingerprint density at radius 3 is 2.65 bits per heavy atom. The van der Waals surface area contributed by atoms with Crippen molar-refractivity contribution in [1.29, 1.82) is 0 Å². The van der Waals surface area contributed by atoms with E-state index in [1.54, 1.807) is 0 Å². The maximum atomic E-state index is 12.9. The van der Waals surface area contributed by atoms with Gasteiger partial charge in [-0.25, -0.2) is 4.39 Å². The molecule has 0 atom stereocenters. The first kappa shape index (κ1) is 14.6. The number of pyridine rings is 1. The van der Waals surface area contributed by atoms with E-state index in [0.29, 0.717) is 5.56 Å². The molecule has 0 amide bonds. The fourth-order valence-corrected chi connectivity index (χ4v) is 1.93. The maximum absolute atomic E-state index is 12.9. The topological polar surface area (TPSA) is 104 Å². The monoisotopic (exact) mass is 316 g/mol. The Balaban J connectivity index is 1.87. The molecule has 2 heterocycles. The second-order valence-corrected chi connectivity index (χ2v) is 4.63. The van der Waals surface area contributed by atoms with Crippen molar-refractivity contribution in [3.63, 3.8) is 0 Å². The molecule has 0 fully saturated rings. The Morgan fingerprint density at radius 2 is 1.96 bits per heavy atom. The molecule has 3 rings (SSSR count). The van der Waals surface area contributed by atoms with Crippen LogP contribution in [0.4, 0.5) is 10.1 Å². The molecule has 0 radical (unpaired) electrons. The predicted molar refractivity (Wildman–Crippen MR) is 76.2 cm³/mol. The minimum absolute atomic E-state index is 0.102. The van der Waals surface area contributed by atoms with Gasteiger partial charge < -0.3 is 4.52 Å². The van der Waals surface area contributed by atoms with Gasteiger partial charge >= 0.3 is 0 Å². The Hall–Kier alpha value is -3.36. The van der Waals surface area contributed by atoms with E-state index in [0.717, 1.165) is 22.9 Å². The first-order chi connectivity index (χ1) is 11.0. The van der Waals surface area contributed by atoms with Crippen LogP contribution < -0.4 is 5.56 Å². The lowest BCUT2D eigenvalue weighted by atomic mass is 10.2. The third kappa shape index (κ3) is 3.12. The predicted octanol–water partition coefficient (Wildman–Crippen LogP) is 1.99. The van der Waals surface area contributed by atoms with Gasteiger partial charge in [0.2, 0.25) is 11.7 Å². The average Bonchev–Trinajstić information content (AvgIpc) is 2.98. The summed E-state index contributed by atoms with van der Waals surface area (Å²) in [7, 11) is 0. The fraction of sp³-hybridized carbons (Fsp3) is 0.0714. The molecule has 116 valence electrons. The highest BCUT2D eigenvalue weighted by molar-refractivity contribution is 5.53. The van der Waals surface area contributed by atoms with Gasteiger partial charge in [0.25, 0.3) is 11.2 Å². The summed E-state index contributed by atoms with van der Waals surface area (Å²) in [6, 6.07) is 7.71. The normalized spacial score (nSPS) is 10.7. The summed E-state index contributed by atoms with van der Waals surface area (Å²) in [6.45, 7) is -0.102. The quantitative estimate of drug-likeness (QED) is 0.538. The third-order valence-electron chi connectivity index (χ3n) is 3.05. The van der Waals surface area contributed by atoms with Crippen LogP contribution >= 0.6 is 0 Å². The highest BCUT2D eigenvalue weighted by Gasteiger charge is 2.12. The summed E-state index contributed by atoms with van der Waals surface area (Å²) < 4.78 is 19.0. The molecule has 0 aliphatic rings. The van der Waals surface area contributed by atoms with Crippen molar-refractivity contribution in [2.24, 2.45) is 0 Å². The molecule has 8 nitrogen and oxygen atoms in total. The molecule has 0 N–H and O–H groups in total. The van der Waals surface area contributed by atoms with Gasteiger partial charge in [0.1, 0.15) is 12.4 Å². The molecule has 0 saturated carbocycles. The standard InChI is InChI=1S/C14H9FN4O4/c15-10-3-1-9(2-4-10)14-16-12(23-17-14)8-18-7-11(19(21)22)5-6-13(18)20/h1-7H,8H2. The molecule has 0 bridgehead atoms. The number of aromatic nitrogens is 3. The van der Waals surface area contributed by atoms with E-state index < -0.39 is 10.5 Å². The summed E-state index contributed by atoms with van der Waals surface area (Å²) >= 11 is 0. The lowest BCUT2D eigenvalue weighted by molar-refractivity contribution is -0.385. The van der Waals surface area contributed by atoms with Gasteiger partial charge in [-0.05, 0) is 24.3 Å². The molecule has 0 spiro atoms. The molecule has 2 aromatic heterocycles. The Kier molecular flexibility index (Phi) is 3.67. The fourth-order valence-electron chi connectivity index (χ4n) is 1.93. The van der Waals surface area contributed by atoms with Crippen molar-refractivity contribution < 1.29 is 13.8 Å². The lowest BCUT2D eigenvalue weighted by Gasteiger charge is -2.00. The smallest absolute Gasteiger partial charge is 0.285 e. The average molecular weight is 316 g/mol. The van der Waals surface area contributed by atoms with Gasteiger partial charge in [-0.15, -0.1) is 0 Å². The minimum Gasteiger partial charge on any atom is -0.337 e. The first-order valence-corrected chi connectivity index (χ1v) is 6.46. The van der Waals surface area contributed by atoms with Crippen LogP contribution in [0, 0.1) is 15.9 Å². The largest absolute Gasteiger partial charge is 0.337 e. The van der Waals surface area contributed by atoms with Crippen molar-refractivity contribution in [2.75, 3.05) is 0 Å². The molecule has 0 unspecified atom stereocenters. The van der Waals surface area contributed by atoms with Crippen molar-refractivity contribution in [2.45, 2.75) is 6.54 Å². The summed E-state index contributed by atoms with van der Waals surface area (Å²) in [5, 5.41) is 14.5. The van der Waals surface area contributed by atoms with Crippen LogP contribution in [-0.4, -0.2) is 19.6 Å². The summed E-state index contributed by atoms with van der Waals surface area (Å²) in [5.41, 5.74) is -0.104. The molecule has 0 aliphatic carbocycles. The first-order valence-electron chi connectivity index (χ1n) is 6.46. The Labute approximate surface area is 128 Å². The van der Waals surface area contributed by atoms with Gasteiger partial charge in [-0.3, -0.25) is 19.5 Å². The van der Waals surface area contributed by atoms with E-state index in [-0.39, 0.29) is 29.8 Å². The van der Waals surface area contributed by atoms with Crippen LogP contribution in [0.25, 0.3) is 11.4 Å². The zero-order chi connectivity index (χ0) is 16.4. The molecule has 0 aliphatic heterocycles. The van der Waals surface area contributed by atoms with E-state index in [4.69, 9.17) is 4.52 Å². The van der Waals surface area contributed by atoms with Crippen molar-refractivity contribution >= 4 is 5.69 Å². The van der Waals surface area contributed by atoms with E-state index in [1.807, 2.05) is 0 Å². The number of hydrogen-bond acceptors (Lipinski definition) is 6. The van der Waals surface area contributed by atoms with E-state index >= 15 is 0 Å². The second-order valence-electron chi connectivity index (χ2n) is 4.63. The van der Waals surface area contributed by atoms with E-state index in [9.17, 15) is 19.3 Å². The number of hydrogen-bond donors (Lipinski definition) is 0. The summed E-state index contributed by atoms with van der Waals surface area (Å²) in [6.07, 6.45) is 1.10. The number of benzene rings is 1. The highest BCUT2D eigenvalue weighted by atomic mass is 19.1. The van der Waals surface area contributed by atoms with Crippen LogP contribution in [0.1, 0.15) is 5.89 Å². The molecule has 3 aromatic rings. The Morgan fingerprint density at radius 1 is 1.22 bits per heavy atom. The van der Waals surface area contributed by atoms with Gasteiger partial charge in [0, 0.05) is 17.7 Å². The van der Waals surface area contributed by atoms with E-state index in [1.165, 1.54) is 24.3 Å². The highest BCUT2D eigenvalue weighted by Crippen LogP contribution is 2.16. The SMILES string of the molecule is O=c1ccc([N+](=O)[O-])cn1Cc1nc(-c2ccc(F)cc2)no1. The van der Waals surface area contributed by atoms with Gasteiger partial charge in [-0.2, -0.15) is 4.98 Å². The zero-order valence-electron chi connectivity index (χ0n) is 11.5. The number of nitro groups is 1. The summed E-state index contributed by atoms with van der Waals surface area (Å²) in [5.74, 6) is -0.0500. The lowest BCUT2D eigenvalue weighted by Crippen LogP contribution is -2.19. The molecular weight excluding hydrogens is 307 g/mol. The van der Waals surface area contributed by atoms with Crippen molar-refractivity contribution in [1.82, 2.24) is 14.7 Å². The molecule has 9 heteroatoms.